The van der Waals surface area contributed by atoms with Crippen molar-refractivity contribution >= 4 is 34.9 Å². The van der Waals surface area contributed by atoms with Gasteiger partial charge in [-0.15, -0.1) is 0 Å². The van der Waals surface area contributed by atoms with Crippen LogP contribution in [-0.2, 0) is 11.3 Å². The van der Waals surface area contributed by atoms with E-state index in [2.05, 4.69) is 16.5 Å². The van der Waals surface area contributed by atoms with Crippen LogP contribution in [0.3, 0.4) is 0 Å². The lowest BCUT2D eigenvalue weighted by atomic mass is 10.3. The fourth-order valence-electron chi connectivity index (χ4n) is 2.04. The molecule has 0 bridgehead atoms. The second-order valence-corrected chi connectivity index (χ2v) is 5.33. The molecule has 2 rings (SSSR count). The summed E-state index contributed by atoms with van der Waals surface area (Å²) in [7, 11) is 0. The molecule has 1 heterocycles. The van der Waals surface area contributed by atoms with E-state index in [1.807, 2.05) is 18.2 Å². The molecule has 0 atom stereocenters. The van der Waals surface area contributed by atoms with Gasteiger partial charge in [-0.1, -0.05) is 31.0 Å². The van der Waals surface area contributed by atoms with Crippen LogP contribution >= 0.6 is 23.8 Å². The molecule has 0 aliphatic carbocycles. The van der Waals surface area contributed by atoms with E-state index >= 15 is 0 Å². The van der Waals surface area contributed by atoms with Crippen LogP contribution in [-0.4, -0.2) is 22.8 Å². The first kappa shape index (κ1) is 14.6. The Morgan fingerprint density at radius 1 is 1.32 bits per heavy atom. The zero-order chi connectivity index (χ0) is 13.7. The maximum atomic E-state index is 6.15. The third-order valence-electron chi connectivity index (χ3n) is 3.07. The first-order chi connectivity index (χ1) is 9.24. The highest BCUT2D eigenvalue weighted by atomic mass is 35.5. The molecule has 0 aliphatic rings. The Bertz CT molecular complexity index is 591. The largest absolute Gasteiger partial charge is 0.381 e. The molecule has 1 aromatic carbocycles. The highest BCUT2D eigenvalue weighted by Gasteiger charge is 2.06. The third-order valence-corrected chi connectivity index (χ3v) is 3.71. The van der Waals surface area contributed by atoms with Gasteiger partial charge >= 0.3 is 0 Å². The quantitative estimate of drug-likeness (QED) is 0.600. The number of fused-ring (bicyclic) bond motifs is 1. The van der Waals surface area contributed by atoms with Gasteiger partial charge in [0.25, 0.3) is 0 Å². The van der Waals surface area contributed by atoms with Crippen LogP contribution in [0.2, 0.25) is 5.02 Å². The van der Waals surface area contributed by atoms with Crippen molar-refractivity contribution in [2.45, 2.75) is 32.7 Å². The molecule has 0 radical (unpaired) electrons. The molecule has 1 aromatic heterocycles. The summed E-state index contributed by atoms with van der Waals surface area (Å²) in [5.41, 5.74) is 1.98. The van der Waals surface area contributed by atoms with E-state index in [0.717, 1.165) is 48.4 Å². The first-order valence-corrected chi connectivity index (χ1v) is 7.47. The molecule has 0 unspecified atom stereocenters. The van der Waals surface area contributed by atoms with Gasteiger partial charge in [0.2, 0.25) is 0 Å². The predicted octanol–water partition coefficient (Wildman–Crippen LogP) is 4.56. The summed E-state index contributed by atoms with van der Waals surface area (Å²) in [6, 6.07) is 5.85. The molecular formula is C14H19ClN2OS. The second-order valence-electron chi connectivity index (χ2n) is 4.54. The van der Waals surface area contributed by atoms with Crippen molar-refractivity contribution in [3.8, 4) is 0 Å². The van der Waals surface area contributed by atoms with Crippen molar-refractivity contribution < 1.29 is 4.74 Å². The molecule has 0 fully saturated rings. The molecule has 0 spiro atoms. The predicted molar refractivity (Wildman–Crippen MR) is 82.5 cm³/mol. The van der Waals surface area contributed by atoms with Crippen molar-refractivity contribution in [2.75, 3.05) is 13.2 Å². The summed E-state index contributed by atoms with van der Waals surface area (Å²) in [5, 5.41) is 0.710. The minimum atomic E-state index is 0.710. The van der Waals surface area contributed by atoms with Gasteiger partial charge in [-0.3, -0.25) is 0 Å². The van der Waals surface area contributed by atoms with E-state index in [1.54, 1.807) is 0 Å². The number of aromatic amines is 1. The van der Waals surface area contributed by atoms with E-state index in [9.17, 15) is 0 Å². The highest BCUT2D eigenvalue weighted by molar-refractivity contribution is 7.71. The van der Waals surface area contributed by atoms with E-state index in [-0.39, 0.29) is 0 Å². The maximum Gasteiger partial charge on any atom is 0.178 e. The normalized spacial score (nSPS) is 11.3. The molecule has 104 valence electrons. The van der Waals surface area contributed by atoms with Crippen LogP contribution < -0.4 is 0 Å². The topological polar surface area (TPSA) is 29.9 Å². The molecule has 19 heavy (non-hydrogen) atoms. The molecule has 0 aliphatic heterocycles. The minimum absolute atomic E-state index is 0.710. The van der Waals surface area contributed by atoms with E-state index in [1.165, 1.54) is 6.42 Å². The van der Waals surface area contributed by atoms with E-state index in [0.29, 0.717) is 5.02 Å². The molecule has 0 saturated carbocycles. The smallest absolute Gasteiger partial charge is 0.178 e. The maximum absolute atomic E-state index is 6.15. The zero-order valence-corrected chi connectivity index (χ0v) is 12.7. The molecule has 5 heteroatoms. The van der Waals surface area contributed by atoms with Gasteiger partial charge < -0.3 is 14.3 Å². The molecule has 2 aromatic rings. The Labute approximate surface area is 123 Å². The summed E-state index contributed by atoms with van der Waals surface area (Å²) in [6.07, 6.45) is 3.26. The molecule has 3 nitrogen and oxygen atoms in total. The number of ether oxygens (including phenoxy) is 1. The Morgan fingerprint density at radius 3 is 2.89 bits per heavy atom. The number of hydrogen-bond acceptors (Lipinski definition) is 2. The van der Waals surface area contributed by atoms with Crippen LogP contribution in [0.5, 0.6) is 0 Å². The monoisotopic (exact) mass is 298 g/mol. The van der Waals surface area contributed by atoms with Gasteiger partial charge in [-0.2, -0.15) is 0 Å². The van der Waals surface area contributed by atoms with Gasteiger partial charge in [0.1, 0.15) is 0 Å². The number of aromatic nitrogens is 2. The number of aryl methyl sites for hydroxylation is 1. The van der Waals surface area contributed by atoms with Crippen molar-refractivity contribution in [3.63, 3.8) is 0 Å². The van der Waals surface area contributed by atoms with Crippen LogP contribution in [0, 0.1) is 4.77 Å². The SMILES string of the molecule is CCCCOCCCn1c(=S)[nH]c2c(Cl)cccc21. The van der Waals surface area contributed by atoms with Crippen molar-refractivity contribution in [2.24, 2.45) is 0 Å². The number of para-hydroxylation sites is 1. The summed E-state index contributed by atoms with van der Waals surface area (Å²) in [5.74, 6) is 0. The minimum Gasteiger partial charge on any atom is -0.381 e. The van der Waals surface area contributed by atoms with Gasteiger partial charge in [-0.25, -0.2) is 0 Å². The van der Waals surface area contributed by atoms with Crippen LogP contribution in [0.15, 0.2) is 18.2 Å². The Balaban J connectivity index is 1.99. The number of unbranched alkanes of at least 4 members (excludes halogenated alkanes) is 1. The fraction of sp³-hybridized carbons (Fsp3) is 0.500. The lowest BCUT2D eigenvalue weighted by Crippen LogP contribution is -2.03. The van der Waals surface area contributed by atoms with Crippen LogP contribution in [0.4, 0.5) is 0 Å². The van der Waals surface area contributed by atoms with Gasteiger partial charge in [-0.05, 0) is 37.2 Å². The average Bonchev–Trinajstić information content (AvgIpc) is 2.72. The Hall–Kier alpha value is -0.840. The third kappa shape index (κ3) is 3.59. The second kappa shape index (κ2) is 7.08. The van der Waals surface area contributed by atoms with Gasteiger partial charge in [0.05, 0.1) is 16.1 Å². The number of halogens is 1. The molecular weight excluding hydrogens is 280 g/mol. The zero-order valence-electron chi connectivity index (χ0n) is 11.1. The van der Waals surface area contributed by atoms with Crippen LogP contribution in [0.1, 0.15) is 26.2 Å². The highest BCUT2D eigenvalue weighted by Crippen LogP contribution is 2.22. The van der Waals surface area contributed by atoms with Gasteiger partial charge in [0, 0.05) is 19.8 Å². The summed E-state index contributed by atoms with van der Waals surface area (Å²) < 4.78 is 8.37. The molecule has 0 saturated heterocycles. The number of benzene rings is 1. The number of nitrogens with one attached hydrogen (secondary N) is 1. The standard InChI is InChI=1S/C14H19ClN2OS/c1-2-3-9-18-10-5-8-17-12-7-4-6-11(15)13(12)16-14(17)19/h4,6-7H,2-3,5,8-10H2,1H3,(H,16,19). The first-order valence-electron chi connectivity index (χ1n) is 6.69. The lowest BCUT2D eigenvalue weighted by Gasteiger charge is -2.06. The lowest BCUT2D eigenvalue weighted by molar-refractivity contribution is 0.126. The fourth-order valence-corrected chi connectivity index (χ4v) is 2.55. The van der Waals surface area contributed by atoms with Crippen molar-refractivity contribution in [1.29, 1.82) is 0 Å². The number of hydrogen-bond donors (Lipinski definition) is 1. The number of H-pyrrole nitrogens is 1. The molecule has 0 amide bonds. The van der Waals surface area contributed by atoms with E-state index in [4.69, 9.17) is 28.6 Å². The number of imidazole rings is 1. The summed E-state index contributed by atoms with van der Waals surface area (Å²) >= 11 is 11.5. The van der Waals surface area contributed by atoms with Crippen molar-refractivity contribution in [1.82, 2.24) is 9.55 Å². The summed E-state index contributed by atoms with van der Waals surface area (Å²) in [4.78, 5) is 3.16. The van der Waals surface area contributed by atoms with Gasteiger partial charge in [0.15, 0.2) is 4.77 Å². The Kier molecular flexibility index (Phi) is 5.43. The van der Waals surface area contributed by atoms with Crippen molar-refractivity contribution in [3.05, 3.63) is 28.0 Å². The molecule has 1 N–H and O–H groups in total. The average molecular weight is 299 g/mol. The Morgan fingerprint density at radius 2 is 2.11 bits per heavy atom. The number of rotatable bonds is 7. The summed E-state index contributed by atoms with van der Waals surface area (Å²) in [6.45, 7) is 4.64. The van der Waals surface area contributed by atoms with Crippen LogP contribution in [0.25, 0.3) is 11.0 Å². The van der Waals surface area contributed by atoms with E-state index < -0.39 is 0 Å². The number of nitrogens with zero attached hydrogens (tertiary/aromatic N) is 1.